The lowest BCUT2D eigenvalue weighted by molar-refractivity contribution is 0.584. The normalized spacial score (nSPS) is 11.6. The average Bonchev–Trinajstić information content (AvgIpc) is 2.39. The van der Waals surface area contributed by atoms with Crippen LogP contribution in [0, 0.1) is 0 Å². The van der Waals surface area contributed by atoms with Gasteiger partial charge in [-0.1, -0.05) is 55.3 Å². The lowest BCUT2D eigenvalue weighted by atomic mass is 9.83. The molecule has 0 aliphatic rings. The Labute approximate surface area is 119 Å². The number of aryl methyl sites for hydroxylation is 1. The minimum Gasteiger partial charge on any atom is -0.237 e. The Kier molecular flexibility index (Phi) is 4.20. The van der Waals surface area contributed by atoms with E-state index in [0.717, 1.165) is 24.4 Å². The molecular formula is C16H19ClN2. The lowest BCUT2D eigenvalue weighted by Gasteiger charge is -2.24. The molecule has 1 aromatic carbocycles. The predicted molar refractivity (Wildman–Crippen MR) is 79.6 cm³/mol. The Balaban J connectivity index is 2.45. The highest BCUT2D eigenvalue weighted by Gasteiger charge is 2.26. The van der Waals surface area contributed by atoms with Crippen molar-refractivity contribution >= 4 is 11.6 Å². The fourth-order valence-corrected chi connectivity index (χ4v) is 2.32. The quantitative estimate of drug-likeness (QED) is 0.772. The first kappa shape index (κ1) is 14.0. The number of hydrogen-bond acceptors (Lipinski definition) is 2. The maximum atomic E-state index is 6.13. The molecule has 2 nitrogen and oxygen atoms in total. The van der Waals surface area contributed by atoms with Gasteiger partial charge < -0.3 is 0 Å². The number of rotatable bonds is 4. The Morgan fingerprint density at radius 3 is 2.42 bits per heavy atom. The molecule has 1 heterocycles. The highest BCUT2D eigenvalue weighted by molar-refractivity contribution is 6.29. The van der Waals surface area contributed by atoms with Gasteiger partial charge in [0, 0.05) is 11.1 Å². The van der Waals surface area contributed by atoms with Gasteiger partial charge in [0.2, 0.25) is 0 Å². The van der Waals surface area contributed by atoms with Crippen molar-refractivity contribution in [3.63, 3.8) is 0 Å². The third-order valence-corrected chi connectivity index (χ3v) is 3.50. The Hall–Kier alpha value is -1.41. The molecule has 0 amide bonds. The Morgan fingerprint density at radius 2 is 1.79 bits per heavy atom. The van der Waals surface area contributed by atoms with Crippen molar-refractivity contribution in [3.8, 4) is 0 Å². The summed E-state index contributed by atoms with van der Waals surface area (Å²) in [5, 5.41) is 0.525. The van der Waals surface area contributed by atoms with E-state index in [1.165, 1.54) is 5.56 Å². The predicted octanol–water partition coefficient (Wildman–Crippen LogP) is 4.41. The first-order chi connectivity index (χ1) is 9.04. The summed E-state index contributed by atoms with van der Waals surface area (Å²) in [7, 11) is 0. The van der Waals surface area contributed by atoms with Crippen LogP contribution in [0.25, 0.3) is 0 Å². The first-order valence-electron chi connectivity index (χ1n) is 6.63. The molecule has 2 rings (SSSR count). The summed E-state index contributed by atoms with van der Waals surface area (Å²) in [6, 6.07) is 12.1. The topological polar surface area (TPSA) is 25.8 Å². The van der Waals surface area contributed by atoms with Crippen LogP contribution < -0.4 is 0 Å². The molecule has 2 aromatic rings. The van der Waals surface area contributed by atoms with Crippen LogP contribution in [0.2, 0.25) is 5.15 Å². The van der Waals surface area contributed by atoms with Crippen molar-refractivity contribution in [1.82, 2.24) is 9.97 Å². The van der Waals surface area contributed by atoms with Crippen molar-refractivity contribution in [2.45, 2.75) is 39.0 Å². The molecule has 0 aliphatic heterocycles. The van der Waals surface area contributed by atoms with Crippen LogP contribution in [0.5, 0.6) is 0 Å². The van der Waals surface area contributed by atoms with Gasteiger partial charge in [-0.25, -0.2) is 9.97 Å². The molecule has 0 saturated heterocycles. The van der Waals surface area contributed by atoms with Gasteiger partial charge in [0.1, 0.15) is 11.0 Å². The maximum Gasteiger partial charge on any atom is 0.140 e. The first-order valence-corrected chi connectivity index (χ1v) is 7.01. The van der Waals surface area contributed by atoms with E-state index < -0.39 is 0 Å². The zero-order chi connectivity index (χ0) is 13.9. The number of hydrogen-bond donors (Lipinski definition) is 0. The van der Waals surface area contributed by atoms with Crippen LogP contribution in [0.4, 0.5) is 0 Å². The number of benzene rings is 1. The van der Waals surface area contributed by atoms with Crippen LogP contribution in [-0.4, -0.2) is 9.97 Å². The SMILES string of the molecule is CCCc1cc(Cl)nc(C(C)(C)c2ccccc2)n1. The van der Waals surface area contributed by atoms with Crippen molar-refractivity contribution in [2.75, 3.05) is 0 Å². The highest BCUT2D eigenvalue weighted by atomic mass is 35.5. The van der Waals surface area contributed by atoms with E-state index in [4.69, 9.17) is 11.6 Å². The molecule has 0 radical (unpaired) electrons. The van der Waals surface area contributed by atoms with Crippen molar-refractivity contribution in [1.29, 1.82) is 0 Å². The molecule has 19 heavy (non-hydrogen) atoms. The largest absolute Gasteiger partial charge is 0.237 e. The molecule has 0 aliphatic carbocycles. The van der Waals surface area contributed by atoms with Gasteiger partial charge in [-0.2, -0.15) is 0 Å². The molecule has 0 unspecified atom stereocenters. The van der Waals surface area contributed by atoms with Crippen LogP contribution in [0.15, 0.2) is 36.4 Å². The maximum absolute atomic E-state index is 6.13. The summed E-state index contributed by atoms with van der Waals surface area (Å²) >= 11 is 6.13. The average molecular weight is 275 g/mol. The molecule has 0 saturated carbocycles. The Morgan fingerprint density at radius 1 is 1.11 bits per heavy atom. The van der Waals surface area contributed by atoms with Crippen LogP contribution in [0.1, 0.15) is 44.3 Å². The molecule has 3 heteroatoms. The van der Waals surface area contributed by atoms with Gasteiger partial charge in [-0.05, 0) is 31.9 Å². The molecule has 0 N–H and O–H groups in total. The molecule has 0 bridgehead atoms. The van der Waals surface area contributed by atoms with Gasteiger partial charge in [-0.15, -0.1) is 0 Å². The van der Waals surface area contributed by atoms with E-state index >= 15 is 0 Å². The van der Waals surface area contributed by atoms with Crippen LogP contribution >= 0.6 is 11.6 Å². The van der Waals surface area contributed by atoms with Gasteiger partial charge in [0.25, 0.3) is 0 Å². The summed E-state index contributed by atoms with van der Waals surface area (Å²) in [4.78, 5) is 9.09. The zero-order valence-electron chi connectivity index (χ0n) is 11.7. The van der Waals surface area contributed by atoms with E-state index in [1.54, 1.807) is 0 Å². The second-order valence-electron chi connectivity index (χ2n) is 5.25. The molecule has 1 aromatic heterocycles. The van der Waals surface area contributed by atoms with Gasteiger partial charge >= 0.3 is 0 Å². The number of nitrogens with zero attached hydrogens (tertiary/aromatic N) is 2. The van der Waals surface area contributed by atoms with Gasteiger partial charge in [0.05, 0.1) is 0 Å². The highest BCUT2D eigenvalue weighted by Crippen LogP contribution is 2.29. The summed E-state index contributed by atoms with van der Waals surface area (Å²) in [5.74, 6) is 0.787. The summed E-state index contributed by atoms with van der Waals surface area (Å²) in [6.07, 6.45) is 1.98. The van der Waals surface area contributed by atoms with E-state index in [2.05, 4.69) is 42.9 Å². The fourth-order valence-electron chi connectivity index (χ4n) is 2.11. The van der Waals surface area contributed by atoms with Crippen molar-refractivity contribution < 1.29 is 0 Å². The molecule has 0 spiro atoms. The standard InChI is InChI=1S/C16H19ClN2/c1-4-8-13-11-14(17)19-15(18-13)16(2,3)12-9-6-5-7-10-12/h5-7,9-11H,4,8H2,1-3H3. The molecule has 0 atom stereocenters. The smallest absolute Gasteiger partial charge is 0.140 e. The summed E-state index contributed by atoms with van der Waals surface area (Å²) in [6.45, 7) is 6.39. The second-order valence-corrected chi connectivity index (χ2v) is 5.63. The molecular weight excluding hydrogens is 256 g/mol. The summed E-state index contributed by atoms with van der Waals surface area (Å²) in [5.41, 5.74) is 1.97. The lowest BCUT2D eigenvalue weighted by Crippen LogP contribution is -2.23. The minimum absolute atomic E-state index is 0.241. The second kappa shape index (κ2) is 5.70. The Bertz CT molecular complexity index is 550. The van der Waals surface area contributed by atoms with Crippen LogP contribution in [0.3, 0.4) is 0 Å². The monoisotopic (exact) mass is 274 g/mol. The van der Waals surface area contributed by atoms with Gasteiger partial charge in [-0.3, -0.25) is 0 Å². The van der Waals surface area contributed by atoms with Gasteiger partial charge in [0.15, 0.2) is 0 Å². The minimum atomic E-state index is -0.241. The third-order valence-electron chi connectivity index (χ3n) is 3.31. The number of halogens is 1. The third kappa shape index (κ3) is 3.13. The van der Waals surface area contributed by atoms with Crippen molar-refractivity contribution in [3.05, 3.63) is 58.6 Å². The fraction of sp³-hybridized carbons (Fsp3) is 0.375. The van der Waals surface area contributed by atoms with Crippen molar-refractivity contribution in [2.24, 2.45) is 0 Å². The van der Waals surface area contributed by atoms with E-state index in [1.807, 2.05) is 24.3 Å². The summed E-state index contributed by atoms with van der Waals surface area (Å²) < 4.78 is 0. The van der Waals surface area contributed by atoms with E-state index in [0.29, 0.717) is 5.15 Å². The van der Waals surface area contributed by atoms with Crippen LogP contribution in [-0.2, 0) is 11.8 Å². The van der Waals surface area contributed by atoms with E-state index in [9.17, 15) is 0 Å². The number of aromatic nitrogens is 2. The molecule has 100 valence electrons. The molecule has 0 fully saturated rings. The van der Waals surface area contributed by atoms with E-state index in [-0.39, 0.29) is 5.41 Å². The zero-order valence-corrected chi connectivity index (χ0v) is 12.4.